The molecule has 88 valence electrons. The van der Waals surface area contributed by atoms with Crippen LogP contribution in [0, 0.1) is 0 Å². The Morgan fingerprint density at radius 3 is 3.06 bits per heavy atom. The first-order chi connectivity index (χ1) is 8.20. The Hall–Kier alpha value is -1.82. The molecule has 0 bridgehead atoms. The van der Waals surface area contributed by atoms with E-state index in [4.69, 9.17) is 10.9 Å². The normalized spacial score (nSPS) is 11.7. The lowest BCUT2D eigenvalue weighted by Crippen LogP contribution is -2.18. The number of pyridine rings is 1. The third kappa shape index (κ3) is 2.65. The number of hydrogen-bond donors (Lipinski definition) is 2. The van der Waals surface area contributed by atoms with Crippen LogP contribution in [0.4, 0.5) is 0 Å². The number of amidine groups is 1. The summed E-state index contributed by atoms with van der Waals surface area (Å²) in [5, 5.41) is 11.7. The van der Waals surface area contributed by atoms with Gasteiger partial charge in [-0.25, -0.2) is 0 Å². The van der Waals surface area contributed by atoms with Crippen LogP contribution in [-0.4, -0.2) is 20.6 Å². The van der Waals surface area contributed by atoms with Crippen molar-refractivity contribution in [3.8, 4) is 0 Å². The van der Waals surface area contributed by atoms with Gasteiger partial charge in [0.05, 0.1) is 5.69 Å². The maximum absolute atomic E-state index is 8.67. The second kappa shape index (κ2) is 5.01. The largest absolute Gasteiger partial charge is 0.409 e. The molecular weight excluding hydrogens is 284 g/mol. The van der Waals surface area contributed by atoms with E-state index in [1.165, 1.54) is 0 Å². The average Bonchev–Trinajstić information content (AvgIpc) is 2.76. The van der Waals surface area contributed by atoms with Gasteiger partial charge in [0.1, 0.15) is 0 Å². The molecule has 6 heteroatoms. The molecule has 2 rings (SSSR count). The molecule has 5 nitrogen and oxygen atoms in total. The molecule has 0 atom stereocenters. The van der Waals surface area contributed by atoms with E-state index in [0.29, 0.717) is 12.2 Å². The van der Waals surface area contributed by atoms with E-state index in [1.54, 1.807) is 18.5 Å². The number of halogens is 1. The standard InChI is InChI=1S/C11H11BrN4O/c12-9-4-8(5-14-6-9)7-16-3-1-2-10(16)11(13)15-17/h1-6,17H,7H2,(H2,13,15). The SMILES string of the molecule is N/C(=N/O)c1cccn1Cc1cncc(Br)c1. The Kier molecular flexibility index (Phi) is 3.43. The van der Waals surface area contributed by atoms with Crippen LogP contribution in [0.25, 0.3) is 0 Å². The first-order valence-corrected chi connectivity index (χ1v) is 5.72. The van der Waals surface area contributed by atoms with Crippen LogP contribution >= 0.6 is 15.9 Å². The maximum Gasteiger partial charge on any atom is 0.186 e. The molecule has 0 aliphatic rings. The van der Waals surface area contributed by atoms with Gasteiger partial charge < -0.3 is 15.5 Å². The van der Waals surface area contributed by atoms with Gasteiger partial charge in [-0.2, -0.15) is 0 Å². The highest BCUT2D eigenvalue weighted by Crippen LogP contribution is 2.12. The maximum atomic E-state index is 8.67. The van der Waals surface area contributed by atoms with E-state index in [9.17, 15) is 0 Å². The van der Waals surface area contributed by atoms with E-state index >= 15 is 0 Å². The number of nitrogens with zero attached hydrogens (tertiary/aromatic N) is 3. The number of hydrogen-bond acceptors (Lipinski definition) is 3. The van der Waals surface area contributed by atoms with Gasteiger partial charge in [0.15, 0.2) is 5.84 Å². The van der Waals surface area contributed by atoms with Crippen molar-refractivity contribution in [2.24, 2.45) is 10.9 Å². The first kappa shape index (κ1) is 11.7. The van der Waals surface area contributed by atoms with E-state index in [-0.39, 0.29) is 5.84 Å². The number of aromatic nitrogens is 2. The smallest absolute Gasteiger partial charge is 0.186 e. The highest BCUT2D eigenvalue weighted by Gasteiger charge is 2.06. The molecular formula is C11H11BrN4O. The Labute approximate surface area is 107 Å². The topological polar surface area (TPSA) is 76.4 Å². The van der Waals surface area contributed by atoms with Crippen LogP contribution in [0.3, 0.4) is 0 Å². The summed E-state index contributed by atoms with van der Waals surface area (Å²) in [6.45, 7) is 0.616. The summed E-state index contributed by atoms with van der Waals surface area (Å²) in [6, 6.07) is 5.61. The van der Waals surface area contributed by atoms with Crippen molar-refractivity contribution in [1.82, 2.24) is 9.55 Å². The Bertz CT molecular complexity index is 550. The summed E-state index contributed by atoms with van der Waals surface area (Å²) in [5.74, 6) is 0.0953. The predicted molar refractivity (Wildman–Crippen MR) is 68.0 cm³/mol. The van der Waals surface area contributed by atoms with Crippen LogP contribution < -0.4 is 5.73 Å². The summed E-state index contributed by atoms with van der Waals surface area (Å²) in [7, 11) is 0. The van der Waals surface area contributed by atoms with Gasteiger partial charge in [0, 0.05) is 29.6 Å². The molecule has 0 saturated heterocycles. The lowest BCUT2D eigenvalue weighted by Gasteiger charge is -2.08. The zero-order chi connectivity index (χ0) is 12.3. The molecule has 0 saturated carbocycles. The van der Waals surface area contributed by atoms with Gasteiger partial charge in [0.2, 0.25) is 0 Å². The number of oxime groups is 1. The summed E-state index contributed by atoms with van der Waals surface area (Å²) in [6.07, 6.45) is 5.37. The molecule has 0 aliphatic carbocycles. The summed E-state index contributed by atoms with van der Waals surface area (Å²) < 4.78 is 2.81. The van der Waals surface area contributed by atoms with E-state index in [0.717, 1.165) is 10.0 Å². The Balaban J connectivity index is 2.28. The number of nitrogens with two attached hydrogens (primary N) is 1. The van der Waals surface area contributed by atoms with Crippen molar-refractivity contribution in [1.29, 1.82) is 0 Å². The third-order valence-corrected chi connectivity index (χ3v) is 2.75. The van der Waals surface area contributed by atoms with Crippen molar-refractivity contribution in [2.75, 3.05) is 0 Å². The van der Waals surface area contributed by atoms with Crippen molar-refractivity contribution in [2.45, 2.75) is 6.54 Å². The minimum atomic E-state index is 0.0953. The van der Waals surface area contributed by atoms with Crippen LogP contribution in [0.1, 0.15) is 11.3 Å². The minimum absolute atomic E-state index is 0.0953. The van der Waals surface area contributed by atoms with E-state index in [2.05, 4.69) is 26.1 Å². The Morgan fingerprint density at radius 1 is 1.53 bits per heavy atom. The van der Waals surface area contributed by atoms with Crippen LogP contribution in [0.2, 0.25) is 0 Å². The zero-order valence-corrected chi connectivity index (χ0v) is 10.5. The monoisotopic (exact) mass is 294 g/mol. The van der Waals surface area contributed by atoms with Gasteiger partial charge in [0.25, 0.3) is 0 Å². The highest BCUT2D eigenvalue weighted by molar-refractivity contribution is 9.10. The van der Waals surface area contributed by atoms with Gasteiger partial charge in [-0.05, 0) is 39.7 Å². The van der Waals surface area contributed by atoms with Crippen molar-refractivity contribution >= 4 is 21.8 Å². The minimum Gasteiger partial charge on any atom is -0.409 e. The van der Waals surface area contributed by atoms with Gasteiger partial charge in [-0.15, -0.1) is 0 Å². The molecule has 0 unspecified atom stereocenters. The van der Waals surface area contributed by atoms with E-state index in [1.807, 2.05) is 22.9 Å². The molecule has 0 amide bonds. The lowest BCUT2D eigenvalue weighted by molar-refractivity contribution is 0.318. The molecule has 0 fully saturated rings. The average molecular weight is 295 g/mol. The predicted octanol–water partition coefficient (Wildman–Crippen LogP) is 1.79. The second-order valence-corrected chi connectivity index (χ2v) is 4.43. The van der Waals surface area contributed by atoms with Crippen molar-refractivity contribution < 1.29 is 5.21 Å². The molecule has 0 aromatic carbocycles. The third-order valence-electron chi connectivity index (χ3n) is 2.31. The van der Waals surface area contributed by atoms with Gasteiger partial charge in [-0.3, -0.25) is 4.98 Å². The fourth-order valence-electron chi connectivity index (χ4n) is 1.57. The molecule has 2 heterocycles. The second-order valence-electron chi connectivity index (χ2n) is 3.52. The molecule has 0 radical (unpaired) electrons. The molecule has 2 aromatic heterocycles. The first-order valence-electron chi connectivity index (χ1n) is 4.93. The zero-order valence-electron chi connectivity index (χ0n) is 8.92. The van der Waals surface area contributed by atoms with Crippen molar-refractivity contribution in [3.05, 3.63) is 52.5 Å². The van der Waals surface area contributed by atoms with Gasteiger partial charge in [-0.1, -0.05) is 5.16 Å². The molecule has 0 aliphatic heterocycles. The fraction of sp³-hybridized carbons (Fsp3) is 0.0909. The quantitative estimate of drug-likeness (QED) is 0.392. The summed E-state index contributed by atoms with van der Waals surface area (Å²) >= 11 is 3.37. The highest BCUT2D eigenvalue weighted by atomic mass is 79.9. The van der Waals surface area contributed by atoms with Crippen LogP contribution in [0.5, 0.6) is 0 Å². The lowest BCUT2D eigenvalue weighted by atomic mass is 10.3. The molecule has 0 spiro atoms. The van der Waals surface area contributed by atoms with Crippen LogP contribution in [0.15, 0.2) is 46.4 Å². The molecule has 17 heavy (non-hydrogen) atoms. The van der Waals surface area contributed by atoms with Crippen molar-refractivity contribution in [3.63, 3.8) is 0 Å². The van der Waals surface area contributed by atoms with Gasteiger partial charge >= 0.3 is 0 Å². The Morgan fingerprint density at radius 2 is 2.35 bits per heavy atom. The molecule has 2 aromatic rings. The summed E-state index contributed by atoms with van der Waals surface area (Å²) in [5.41, 5.74) is 7.28. The fourth-order valence-corrected chi connectivity index (χ4v) is 1.99. The number of rotatable bonds is 3. The summed E-state index contributed by atoms with van der Waals surface area (Å²) in [4.78, 5) is 4.09. The van der Waals surface area contributed by atoms with E-state index < -0.39 is 0 Å². The van der Waals surface area contributed by atoms with Crippen LogP contribution in [-0.2, 0) is 6.54 Å². The molecule has 3 N–H and O–H groups in total.